The molecule has 78 valence electrons. The van der Waals surface area contributed by atoms with Crippen molar-refractivity contribution in [2.75, 3.05) is 6.54 Å². The number of nitrogens with two attached hydrogens (primary N) is 1. The summed E-state index contributed by atoms with van der Waals surface area (Å²) < 4.78 is 26.2. The van der Waals surface area contributed by atoms with Crippen molar-refractivity contribution in [1.82, 2.24) is 0 Å². The Bertz CT molecular complexity index is 177. The van der Waals surface area contributed by atoms with Crippen LogP contribution >= 0.6 is 12.4 Å². The van der Waals surface area contributed by atoms with Crippen molar-refractivity contribution in [3.05, 3.63) is 0 Å². The molecule has 7 heteroatoms. The van der Waals surface area contributed by atoms with Gasteiger partial charge in [-0.3, -0.25) is 9.59 Å². The highest BCUT2D eigenvalue weighted by Crippen LogP contribution is 2.00. The van der Waals surface area contributed by atoms with Crippen molar-refractivity contribution in [3.8, 4) is 0 Å². The number of hydrogen-bond acceptors (Lipinski definition) is 4. The van der Waals surface area contributed by atoms with Crippen molar-refractivity contribution in [2.45, 2.75) is 19.5 Å². The highest BCUT2D eigenvalue weighted by Gasteiger charge is 2.11. The maximum Gasteiger partial charge on any atom is 0.389 e. The fourth-order valence-electron chi connectivity index (χ4n) is 0.502. The molecule has 0 heterocycles. The Hall–Kier alpha value is -0.750. The maximum atomic E-state index is 11.3. The number of carbonyl (C=O) groups excluding carboxylic acids is 2. The lowest BCUT2D eigenvalue weighted by molar-refractivity contribution is -0.176. The zero-order valence-electron chi connectivity index (χ0n) is 6.66. The number of rotatable bonds is 5. The highest BCUT2D eigenvalue weighted by atomic mass is 35.5. The molecule has 4 nitrogen and oxygen atoms in total. The molecule has 0 spiro atoms. The second-order valence-electron chi connectivity index (χ2n) is 1.99. The monoisotopic (exact) mass is 217 g/mol. The third kappa shape index (κ3) is 9.16. The van der Waals surface area contributed by atoms with Crippen molar-refractivity contribution in [1.29, 1.82) is 0 Å². The SMILES string of the molecule is Cl.NCC(=O)CCC(=O)OC(F)F. The Morgan fingerprint density at radius 2 is 1.85 bits per heavy atom. The van der Waals surface area contributed by atoms with Gasteiger partial charge in [0, 0.05) is 6.42 Å². The van der Waals surface area contributed by atoms with E-state index in [0.717, 1.165) is 0 Å². The van der Waals surface area contributed by atoms with Gasteiger partial charge in [0.2, 0.25) is 0 Å². The molecule has 0 aliphatic rings. The molecule has 0 aromatic carbocycles. The Morgan fingerprint density at radius 3 is 2.23 bits per heavy atom. The quantitative estimate of drug-likeness (QED) is 0.680. The van der Waals surface area contributed by atoms with Crippen molar-refractivity contribution < 1.29 is 23.1 Å². The normalized spacial score (nSPS) is 9.23. The van der Waals surface area contributed by atoms with E-state index in [1.165, 1.54) is 0 Å². The summed E-state index contributed by atoms with van der Waals surface area (Å²) in [5.41, 5.74) is 4.91. The van der Waals surface area contributed by atoms with Crippen molar-refractivity contribution in [3.63, 3.8) is 0 Å². The molecule has 0 unspecified atom stereocenters. The van der Waals surface area contributed by atoms with Crippen LogP contribution in [0.25, 0.3) is 0 Å². The van der Waals surface area contributed by atoms with Gasteiger partial charge in [0.25, 0.3) is 0 Å². The van der Waals surface area contributed by atoms with Crippen molar-refractivity contribution >= 4 is 24.2 Å². The van der Waals surface area contributed by atoms with Gasteiger partial charge in [-0.15, -0.1) is 12.4 Å². The van der Waals surface area contributed by atoms with Gasteiger partial charge in [-0.1, -0.05) is 0 Å². The third-order valence-electron chi connectivity index (χ3n) is 1.06. The molecule has 0 bridgehead atoms. The predicted molar refractivity (Wildman–Crippen MR) is 42.6 cm³/mol. The van der Waals surface area contributed by atoms with Crippen molar-refractivity contribution in [2.24, 2.45) is 5.73 Å². The standard InChI is InChI=1S/C6H9F2NO3.ClH/c7-6(8)12-5(11)2-1-4(10)3-9;/h6H,1-3,9H2;1H. The fourth-order valence-corrected chi connectivity index (χ4v) is 0.502. The van der Waals surface area contributed by atoms with Crippen LogP contribution in [0.4, 0.5) is 8.78 Å². The molecule has 2 N–H and O–H groups in total. The average molecular weight is 218 g/mol. The minimum Gasteiger partial charge on any atom is -0.403 e. The van der Waals surface area contributed by atoms with Crippen LogP contribution in [0.3, 0.4) is 0 Å². The minimum atomic E-state index is -3.12. The van der Waals surface area contributed by atoms with Crippen LogP contribution in [0.2, 0.25) is 0 Å². The van der Waals surface area contributed by atoms with Crippen LogP contribution in [0, 0.1) is 0 Å². The Kier molecular flexibility index (Phi) is 8.94. The van der Waals surface area contributed by atoms with Crippen LogP contribution < -0.4 is 5.73 Å². The van der Waals surface area contributed by atoms with E-state index in [2.05, 4.69) is 4.74 Å². The smallest absolute Gasteiger partial charge is 0.389 e. The van der Waals surface area contributed by atoms with E-state index in [9.17, 15) is 18.4 Å². The largest absolute Gasteiger partial charge is 0.403 e. The summed E-state index contributed by atoms with van der Waals surface area (Å²) >= 11 is 0. The molecule has 0 atom stereocenters. The summed E-state index contributed by atoms with van der Waals surface area (Å²) in [4.78, 5) is 20.9. The van der Waals surface area contributed by atoms with Crippen LogP contribution in [0.5, 0.6) is 0 Å². The maximum absolute atomic E-state index is 11.3. The lowest BCUT2D eigenvalue weighted by Gasteiger charge is -2.00. The van der Waals surface area contributed by atoms with Gasteiger partial charge < -0.3 is 10.5 Å². The molecule has 13 heavy (non-hydrogen) atoms. The number of halogens is 3. The summed E-state index contributed by atoms with van der Waals surface area (Å²) in [6, 6.07) is 0. The van der Waals surface area contributed by atoms with Crippen LogP contribution in [0.15, 0.2) is 0 Å². The fraction of sp³-hybridized carbons (Fsp3) is 0.667. The summed E-state index contributed by atoms with van der Waals surface area (Å²) in [6.45, 7) is -3.31. The van der Waals surface area contributed by atoms with Gasteiger partial charge in [0.15, 0.2) is 0 Å². The van der Waals surface area contributed by atoms with Gasteiger partial charge in [-0.2, -0.15) is 8.78 Å². The van der Waals surface area contributed by atoms with E-state index in [4.69, 9.17) is 5.73 Å². The highest BCUT2D eigenvalue weighted by molar-refractivity contribution is 5.85. The molecule has 0 radical (unpaired) electrons. The molecule has 0 aliphatic carbocycles. The van der Waals surface area contributed by atoms with Gasteiger partial charge in [-0.05, 0) is 0 Å². The predicted octanol–water partition coefficient (Wildman–Crippen LogP) is 0.482. The summed E-state index contributed by atoms with van der Waals surface area (Å²) in [5, 5.41) is 0. The average Bonchev–Trinajstić information content (AvgIpc) is 1.99. The van der Waals surface area contributed by atoms with E-state index < -0.39 is 12.6 Å². The van der Waals surface area contributed by atoms with Gasteiger partial charge >= 0.3 is 12.6 Å². The minimum absolute atomic E-state index is 0. The summed E-state index contributed by atoms with van der Waals surface area (Å²) in [7, 11) is 0. The number of ether oxygens (including phenoxy) is 1. The molecule has 0 aliphatic heterocycles. The number of Topliss-reactive ketones (excluding diaryl/α,β-unsaturated/α-hetero) is 1. The van der Waals surface area contributed by atoms with E-state index in [-0.39, 0.29) is 37.6 Å². The molecular formula is C6H10ClF2NO3. The topological polar surface area (TPSA) is 69.4 Å². The van der Waals surface area contributed by atoms with Crippen LogP contribution in [0.1, 0.15) is 12.8 Å². The summed E-state index contributed by atoms with van der Waals surface area (Å²) in [6.07, 6.45) is -0.498. The first-order chi connectivity index (χ1) is 5.56. The Morgan fingerprint density at radius 1 is 1.31 bits per heavy atom. The number of alkyl halides is 2. The molecule has 0 rings (SSSR count). The summed E-state index contributed by atoms with van der Waals surface area (Å²) in [5.74, 6) is -1.45. The van der Waals surface area contributed by atoms with E-state index in [1.807, 2.05) is 0 Å². The van der Waals surface area contributed by atoms with Crippen LogP contribution in [-0.4, -0.2) is 24.9 Å². The Balaban J connectivity index is 0. The molecular weight excluding hydrogens is 208 g/mol. The first-order valence-electron chi connectivity index (χ1n) is 3.25. The molecule has 0 saturated carbocycles. The second kappa shape index (κ2) is 7.88. The zero-order valence-corrected chi connectivity index (χ0v) is 7.48. The van der Waals surface area contributed by atoms with Crippen LogP contribution in [-0.2, 0) is 14.3 Å². The number of hydrogen-bond donors (Lipinski definition) is 1. The van der Waals surface area contributed by atoms with E-state index in [0.29, 0.717) is 0 Å². The first kappa shape index (κ1) is 14.8. The molecule has 0 aromatic rings. The van der Waals surface area contributed by atoms with E-state index >= 15 is 0 Å². The number of carbonyl (C=O) groups is 2. The van der Waals surface area contributed by atoms with E-state index in [1.54, 1.807) is 0 Å². The lowest BCUT2D eigenvalue weighted by atomic mass is 10.2. The Labute approximate surface area is 79.8 Å². The first-order valence-corrected chi connectivity index (χ1v) is 3.25. The molecule has 0 saturated heterocycles. The van der Waals surface area contributed by atoms with Gasteiger partial charge in [0.1, 0.15) is 5.78 Å². The number of ketones is 1. The number of esters is 1. The molecule has 0 fully saturated rings. The zero-order chi connectivity index (χ0) is 9.56. The molecule has 0 amide bonds. The lowest BCUT2D eigenvalue weighted by Crippen LogP contribution is -2.16. The van der Waals surface area contributed by atoms with Gasteiger partial charge in [0.05, 0.1) is 13.0 Å². The third-order valence-corrected chi connectivity index (χ3v) is 1.06. The van der Waals surface area contributed by atoms with Gasteiger partial charge in [-0.25, -0.2) is 0 Å². The molecule has 0 aromatic heterocycles. The second-order valence-corrected chi connectivity index (χ2v) is 1.99.